The van der Waals surface area contributed by atoms with Gasteiger partial charge >= 0.3 is 26.2 Å². The van der Waals surface area contributed by atoms with E-state index in [1.165, 1.54) is 0 Å². The average Bonchev–Trinajstić information content (AvgIpc) is 3.06. The summed E-state index contributed by atoms with van der Waals surface area (Å²) < 4.78 is 5.13. The standard InChI is InChI=1S/C8H16O2.2C5H5.CH3.Zr/c1-6(2)7(9)10-8(3,4)5;2*1-2-4-5-3-1;;/h9H,1-5H3;2*1-5H;1H3;/q;;;-1;+3. The SMILES string of the molecule is CC(C)=C(O)OC(C)(C)C.[CH3-].[CH]1[CH][CH][CH][CH]1.[CH]1[CH][CH][CH][CH]1.[Zr+3]. The Bertz CT molecular complexity index is 230. The third kappa shape index (κ3) is 20.2. The van der Waals surface area contributed by atoms with Crippen molar-refractivity contribution >= 4 is 0 Å². The van der Waals surface area contributed by atoms with Gasteiger partial charge in [-0.2, -0.15) is 0 Å². The molecule has 0 bridgehead atoms. The Hall–Kier alpha value is 0.223. The van der Waals surface area contributed by atoms with E-state index in [4.69, 9.17) is 9.84 Å². The molecule has 119 valence electrons. The first-order chi connectivity index (χ1) is 9.33. The molecule has 2 nitrogen and oxygen atoms in total. The fraction of sp³-hybridized carbons (Fsp3) is 0.316. The van der Waals surface area contributed by atoms with Gasteiger partial charge in [-0.25, -0.2) is 0 Å². The van der Waals surface area contributed by atoms with Gasteiger partial charge in [0.25, 0.3) is 5.95 Å². The minimum atomic E-state index is -0.304. The molecule has 2 fully saturated rings. The van der Waals surface area contributed by atoms with Crippen molar-refractivity contribution in [2.24, 2.45) is 0 Å². The van der Waals surface area contributed by atoms with E-state index in [0.29, 0.717) is 0 Å². The first kappa shape index (κ1) is 27.1. The number of ether oxygens (including phenoxy) is 1. The molecule has 0 atom stereocenters. The van der Waals surface area contributed by atoms with Crippen LogP contribution >= 0.6 is 0 Å². The van der Waals surface area contributed by atoms with Crippen molar-refractivity contribution in [2.75, 3.05) is 0 Å². The second kappa shape index (κ2) is 16.1. The maximum Gasteiger partial charge on any atom is 3.00 e. The maximum atomic E-state index is 9.12. The Morgan fingerprint density at radius 2 is 0.955 bits per heavy atom. The summed E-state index contributed by atoms with van der Waals surface area (Å²) in [6, 6.07) is 0. The fourth-order valence-corrected chi connectivity index (χ4v) is 1.03. The van der Waals surface area contributed by atoms with Gasteiger partial charge in [-0.15, -0.1) is 0 Å². The number of aliphatic hydroxyl groups excluding tert-OH is 1. The molecule has 0 spiro atoms. The molecule has 2 aliphatic rings. The molecule has 0 saturated heterocycles. The smallest absolute Gasteiger partial charge is 0.481 e. The molecule has 2 rings (SSSR count). The van der Waals surface area contributed by atoms with Gasteiger partial charge in [0.15, 0.2) is 0 Å². The number of hydrogen-bond donors (Lipinski definition) is 1. The zero-order chi connectivity index (χ0) is 15.4. The van der Waals surface area contributed by atoms with Crippen LogP contribution in [-0.2, 0) is 30.9 Å². The molecular formula is C19H29O2Zr+2. The Labute approximate surface area is 159 Å². The van der Waals surface area contributed by atoms with Crippen LogP contribution in [0, 0.1) is 71.6 Å². The molecule has 0 aromatic carbocycles. The van der Waals surface area contributed by atoms with Crippen molar-refractivity contribution in [3.8, 4) is 0 Å². The molecule has 0 aromatic heterocycles. The molecule has 22 heavy (non-hydrogen) atoms. The van der Waals surface area contributed by atoms with E-state index >= 15 is 0 Å². The molecule has 0 aliphatic heterocycles. The predicted molar refractivity (Wildman–Crippen MR) is 91.3 cm³/mol. The summed E-state index contributed by atoms with van der Waals surface area (Å²) in [6.07, 6.45) is 20.0. The molecule has 2 aliphatic carbocycles. The van der Waals surface area contributed by atoms with E-state index in [-0.39, 0.29) is 45.2 Å². The second-order valence-electron chi connectivity index (χ2n) is 5.44. The summed E-state index contributed by atoms with van der Waals surface area (Å²) in [4.78, 5) is 0. The van der Waals surface area contributed by atoms with Crippen LogP contribution in [0.1, 0.15) is 34.6 Å². The Balaban J connectivity index is -0.000000254. The Morgan fingerprint density at radius 3 is 1.05 bits per heavy atom. The summed E-state index contributed by atoms with van der Waals surface area (Å²) in [6.45, 7) is 9.30. The first-order valence-electron chi connectivity index (χ1n) is 6.72. The van der Waals surface area contributed by atoms with Crippen LogP contribution < -0.4 is 0 Å². The first-order valence-corrected chi connectivity index (χ1v) is 6.72. The van der Waals surface area contributed by atoms with Gasteiger partial charge in [0.05, 0.1) is 0 Å². The molecule has 3 heteroatoms. The topological polar surface area (TPSA) is 29.5 Å². The Morgan fingerprint density at radius 1 is 0.727 bits per heavy atom. The van der Waals surface area contributed by atoms with Gasteiger partial charge in [0, 0.05) is 5.57 Å². The molecule has 0 aromatic rings. The molecular weight excluding hydrogens is 351 g/mol. The van der Waals surface area contributed by atoms with Crippen molar-refractivity contribution < 1.29 is 36.0 Å². The second-order valence-corrected chi connectivity index (χ2v) is 5.44. The third-order valence-corrected chi connectivity index (χ3v) is 1.94. The van der Waals surface area contributed by atoms with Crippen molar-refractivity contribution in [3.63, 3.8) is 0 Å². The van der Waals surface area contributed by atoms with Crippen LogP contribution in [0.3, 0.4) is 0 Å². The van der Waals surface area contributed by atoms with Crippen LogP contribution in [0.25, 0.3) is 0 Å². The van der Waals surface area contributed by atoms with Crippen molar-refractivity contribution in [1.82, 2.24) is 0 Å². The molecule has 2 saturated carbocycles. The zero-order valence-electron chi connectivity index (χ0n) is 14.6. The van der Waals surface area contributed by atoms with Crippen LogP contribution in [0.2, 0.25) is 0 Å². The summed E-state index contributed by atoms with van der Waals surface area (Å²) in [5, 5.41) is 9.12. The van der Waals surface area contributed by atoms with Crippen LogP contribution in [0.5, 0.6) is 0 Å². The normalized spacial score (nSPS) is 15.9. The molecule has 11 radical (unpaired) electrons. The monoisotopic (exact) mass is 379 g/mol. The van der Waals surface area contributed by atoms with Crippen molar-refractivity contribution in [3.05, 3.63) is 83.2 Å². The number of rotatable bonds is 1. The summed E-state index contributed by atoms with van der Waals surface area (Å²) >= 11 is 0. The molecule has 0 amide bonds. The van der Waals surface area contributed by atoms with Gasteiger partial charge in [0.2, 0.25) is 0 Å². The minimum Gasteiger partial charge on any atom is -0.481 e. The maximum absolute atomic E-state index is 9.12. The summed E-state index contributed by atoms with van der Waals surface area (Å²) in [5.74, 6) is 0.0347. The van der Waals surface area contributed by atoms with E-state index in [1.54, 1.807) is 13.8 Å². The van der Waals surface area contributed by atoms with Crippen molar-refractivity contribution in [1.29, 1.82) is 0 Å². The van der Waals surface area contributed by atoms with E-state index < -0.39 is 0 Å². The molecule has 0 heterocycles. The average molecular weight is 381 g/mol. The fourth-order valence-electron chi connectivity index (χ4n) is 1.03. The quantitative estimate of drug-likeness (QED) is 0.506. The number of aliphatic hydroxyl groups is 1. The molecule has 1 N–H and O–H groups in total. The minimum absolute atomic E-state index is 0. The van der Waals surface area contributed by atoms with E-state index in [1.807, 2.05) is 85.0 Å². The van der Waals surface area contributed by atoms with Gasteiger partial charge < -0.3 is 17.3 Å². The summed E-state index contributed by atoms with van der Waals surface area (Å²) in [7, 11) is 0. The number of allylic oxidation sites excluding steroid dienone is 1. The third-order valence-electron chi connectivity index (χ3n) is 1.94. The van der Waals surface area contributed by atoms with E-state index in [9.17, 15) is 0 Å². The van der Waals surface area contributed by atoms with E-state index in [0.717, 1.165) is 5.57 Å². The summed E-state index contributed by atoms with van der Waals surface area (Å²) in [5.41, 5.74) is 0.497. The van der Waals surface area contributed by atoms with Crippen LogP contribution in [-0.4, -0.2) is 10.7 Å². The Kier molecular flexibility index (Phi) is 19.8. The van der Waals surface area contributed by atoms with Crippen molar-refractivity contribution in [2.45, 2.75) is 40.2 Å². The van der Waals surface area contributed by atoms with Gasteiger partial charge in [0.1, 0.15) is 5.60 Å². The van der Waals surface area contributed by atoms with Gasteiger partial charge in [-0.1, -0.05) is 0 Å². The van der Waals surface area contributed by atoms with Crippen LogP contribution in [0.4, 0.5) is 0 Å². The number of hydrogen-bond acceptors (Lipinski definition) is 2. The predicted octanol–water partition coefficient (Wildman–Crippen LogP) is 5.10. The van der Waals surface area contributed by atoms with Gasteiger partial charge in [-0.05, 0) is 98.8 Å². The largest absolute Gasteiger partial charge is 3.00 e. The van der Waals surface area contributed by atoms with Gasteiger partial charge in [-0.3, -0.25) is 0 Å². The molecule has 0 unspecified atom stereocenters. The van der Waals surface area contributed by atoms with Crippen LogP contribution in [0.15, 0.2) is 11.5 Å². The zero-order valence-corrected chi connectivity index (χ0v) is 17.1. The van der Waals surface area contributed by atoms with E-state index in [2.05, 4.69) is 0 Å².